The zero-order valence-electron chi connectivity index (χ0n) is 85.6. The number of aliphatic carboxylic acids is 2. The third-order valence-corrected chi connectivity index (χ3v) is 36.7. The molecule has 17 rings (SSSR count). The number of fused-ring (bicyclic) bond motifs is 15. The minimum atomic E-state index is -1.13. The third-order valence-electron chi connectivity index (χ3n) is 36.7. The fourth-order valence-corrected chi connectivity index (χ4v) is 28.9. The highest BCUT2D eigenvalue weighted by Gasteiger charge is 2.61. The summed E-state index contributed by atoms with van der Waals surface area (Å²) in [7, 11) is 0. The summed E-state index contributed by atoms with van der Waals surface area (Å²) in [5.74, 6) is 1.90. The molecule has 2 aromatic carbocycles. The van der Waals surface area contributed by atoms with Gasteiger partial charge in [-0.3, -0.25) is 43.7 Å². The van der Waals surface area contributed by atoms with Crippen LogP contribution in [0.1, 0.15) is 333 Å². The molecule has 0 saturated heterocycles. The largest absolute Gasteiger partial charge is 0.480 e. The number of aromatic nitrogens is 3. The first-order chi connectivity index (χ1) is 68.6. The van der Waals surface area contributed by atoms with Crippen LogP contribution in [0, 0.1) is 85.8 Å². The maximum atomic E-state index is 13.1. The molecule has 20 atom stereocenters. The fourth-order valence-electron chi connectivity index (χ4n) is 28.9. The number of alkyl carbamates (subject to hydrolysis) is 1. The zero-order chi connectivity index (χ0) is 100. The number of carbonyl (C=O) groups is 9. The minimum Gasteiger partial charge on any atom is -0.480 e. The number of allylic oxidation sites excluding steroid dienone is 9. The molecule has 0 radical (unpaired) electrons. The molecule has 6 saturated carbocycles. The topological polar surface area (TPSA) is 309 Å². The number of rotatable bonds is 41. The van der Waals surface area contributed by atoms with Crippen LogP contribution in [0.3, 0.4) is 0 Å². The van der Waals surface area contributed by atoms with Crippen molar-refractivity contribution in [3.05, 3.63) is 215 Å². The molecule has 4 amide bonds. The van der Waals surface area contributed by atoms with Crippen molar-refractivity contribution in [3.8, 4) is 0 Å². The van der Waals surface area contributed by atoms with Crippen LogP contribution in [0.2, 0.25) is 0 Å². The lowest BCUT2D eigenvalue weighted by Gasteiger charge is -2.57. The summed E-state index contributed by atoms with van der Waals surface area (Å²) in [5.41, 5.74) is 15.4. The summed E-state index contributed by atoms with van der Waals surface area (Å²) in [5, 5.41) is 26.9. The van der Waals surface area contributed by atoms with Crippen molar-refractivity contribution < 1.29 is 72.3 Å². The molecule has 12 aliphatic carbocycles. The second kappa shape index (κ2) is 48.8. The van der Waals surface area contributed by atoms with Gasteiger partial charge in [0.15, 0.2) is 0 Å². The number of ether oxygens (including phenoxy) is 4. The molecule has 5 aromatic rings. The van der Waals surface area contributed by atoms with Gasteiger partial charge in [0.2, 0.25) is 17.7 Å². The molecule has 0 spiro atoms. The van der Waals surface area contributed by atoms with E-state index in [1.807, 2.05) is 116 Å². The lowest BCUT2D eigenvalue weighted by atomic mass is 9.47. The quantitative estimate of drug-likeness (QED) is 0.00798. The van der Waals surface area contributed by atoms with Crippen molar-refractivity contribution in [3.63, 3.8) is 0 Å². The molecule has 142 heavy (non-hydrogen) atoms. The van der Waals surface area contributed by atoms with Gasteiger partial charge in [0.1, 0.15) is 43.5 Å². The summed E-state index contributed by atoms with van der Waals surface area (Å²) in [6.07, 6.45) is 65.0. The molecule has 3 heterocycles. The molecular formula is C120H159N7O15. The molecule has 22 heteroatoms. The molecule has 5 N–H and O–H groups in total. The van der Waals surface area contributed by atoms with Crippen molar-refractivity contribution >= 4 is 70.9 Å². The van der Waals surface area contributed by atoms with Gasteiger partial charge in [-0.15, -0.1) is 0 Å². The van der Waals surface area contributed by atoms with Crippen molar-refractivity contribution in [2.75, 3.05) is 19.7 Å². The average Bonchev–Trinajstić information content (AvgIpc) is 1.55. The molecule has 3 aromatic heterocycles. The van der Waals surface area contributed by atoms with Crippen LogP contribution in [0.4, 0.5) is 4.79 Å². The predicted molar refractivity (Wildman–Crippen MR) is 552 cm³/mol. The number of carboxylic acids is 2. The molecule has 764 valence electrons. The van der Waals surface area contributed by atoms with Gasteiger partial charge >= 0.3 is 30.0 Å². The Morgan fingerprint density at radius 1 is 0.423 bits per heavy atom. The number of unbranched alkanes of at least 4 members (excludes halogenated alkanes) is 13. The standard InChI is InChI=1S/C46H70N2O5.C38H46N2O5.C36H43N3O5/c1-4-5-6-7-8-9-10-11-12-13-14-15-16-17-20-41(44(51)52)48-42(49)25-26-43(50)53-36-27-29-45(2)35(32-36)21-22-37-39-24-23-38(34-19-18-31-47-33-34)46(39,3)30-28-40(37)45;1-37-18-16-30(45-36(43)15-14-35(42)40(21-22-44-26-41)25-27-7-4-3-5-8-27)23-29(37)10-11-31-33-13-12-32(28-9-6-20-39-24-28)38(33,2)19-17-34(31)37;1-35-16-14-26(44-34(43)38-22-32(40)39-31(33(41)42)19-23-7-4-3-5-8-23)20-25(35)10-11-27-29-13-12-28(24-9-6-18-37-21-24)36(29,2)17-15-30(27)35/h18-19,21,23,31,33,36-37,39-41H,4-17,20,22,24-30,32H2,1-3H3,(H,48,49)(H,51,52);3-10,12,20,24,26,30-31,33-34H,11,13-19,21-23,25H2,1-2H3;3-10,12,18,21,26-27,29-31H,11,13-17,19-20,22H2,1-2H3,(H,38,43)(H,39,40)(H,41,42)/t36-,37-,39-,40-,41?,45-,46+;30-,31-,33-,34-,37-,38+;26-,27-,29-,30-,31-,35-,36+/m000/s1. The lowest BCUT2D eigenvalue weighted by molar-refractivity contribution is -0.153. The SMILES string of the molecule is CCCCCCCCCCCCCCCCC(NC(=O)CCC(=O)O[C@H]1CC[C@@]2(C)C(=CC[C@@H]3[C@@H]2CC[C@]2(C)C(c4cccnc4)=CC[C@@H]32)C1)C(=O)O.C[C@]12CC[C@H](OC(=O)CCC(=O)N(CCOC=O)Cc3ccccc3)CC1=CC[C@@H]1[C@@H]2CC[C@]2(C)C(c3cccnc3)=CC[C@@H]12.C[C@]12CC[C@H](OC(=O)NCC(=O)N[C@@H](Cc3ccccc3)C(=O)O)CC1=CC[C@@H]1[C@@H]2CC[C@]2(C)C(c3cccnc3)=CC[C@@H]12. The van der Waals surface area contributed by atoms with Crippen LogP contribution in [0.5, 0.6) is 0 Å². The predicted octanol–water partition coefficient (Wildman–Crippen LogP) is 24.0. The molecule has 22 nitrogen and oxygen atoms in total. The molecule has 6 fully saturated rings. The third kappa shape index (κ3) is 25.1. The number of carbonyl (C=O) groups excluding carboxylic acids is 7. The van der Waals surface area contributed by atoms with Crippen molar-refractivity contribution in [1.29, 1.82) is 0 Å². The van der Waals surface area contributed by atoms with Crippen LogP contribution in [-0.2, 0) is 70.3 Å². The van der Waals surface area contributed by atoms with Crippen LogP contribution in [-0.4, -0.2) is 134 Å². The van der Waals surface area contributed by atoms with Gasteiger partial charge in [-0.1, -0.05) is 270 Å². The molecule has 0 aliphatic heterocycles. The number of benzene rings is 2. The number of nitrogens with one attached hydrogen (secondary N) is 3. The van der Waals surface area contributed by atoms with Crippen LogP contribution in [0.25, 0.3) is 16.7 Å². The summed E-state index contributed by atoms with van der Waals surface area (Å²) in [6, 6.07) is 29.5. The van der Waals surface area contributed by atoms with E-state index in [1.165, 1.54) is 159 Å². The number of hydrogen-bond donors (Lipinski definition) is 5. The second-order valence-electron chi connectivity index (χ2n) is 45.0. The van der Waals surface area contributed by atoms with Crippen molar-refractivity contribution in [1.82, 2.24) is 35.8 Å². The first-order valence-electron chi connectivity index (χ1n) is 54.3. The number of nitrogens with zero attached hydrogens (tertiary/aromatic N) is 4. The van der Waals surface area contributed by atoms with E-state index in [0.29, 0.717) is 72.7 Å². The van der Waals surface area contributed by atoms with Crippen molar-refractivity contribution in [2.24, 2.45) is 85.8 Å². The maximum absolute atomic E-state index is 13.1. The summed E-state index contributed by atoms with van der Waals surface area (Å²) in [4.78, 5) is 126. The Bertz CT molecular complexity index is 5330. The Kier molecular flexibility index (Phi) is 36.3. The summed E-state index contributed by atoms with van der Waals surface area (Å²) in [6.45, 7) is 17.9. The Balaban J connectivity index is 0.000000161. The van der Waals surface area contributed by atoms with Gasteiger partial charge in [-0.05, 0) is 270 Å². The Labute approximate surface area is 843 Å². The van der Waals surface area contributed by atoms with Gasteiger partial charge in [0, 0.05) is 82.3 Å². The molecule has 1 unspecified atom stereocenters. The van der Waals surface area contributed by atoms with Crippen molar-refractivity contribution in [2.45, 2.75) is 349 Å². The number of amides is 4. The maximum Gasteiger partial charge on any atom is 0.407 e. The van der Waals surface area contributed by atoms with Gasteiger partial charge in [0.25, 0.3) is 6.47 Å². The van der Waals surface area contributed by atoms with E-state index in [2.05, 4.69) is 134 Å². The van der Waals surface area contributed by atoms with E-state index in [1.54, 1.807) is 4.90 Å². The fraction of sp³-hybridized carbons (Fsp3) is 0.600. The molecular weight excluding hydrogens is 1780 g/mol. The Morgan fingerprint density at radius 2 is 0.810 bits per heavy atom. The molecule has 12 aliphatic rings. The molecule has 0 bridgehead atoms. The highest BCUT2D eigenvalue weighted by atomic mass is 16.6. The number of esters is 2. The first kappa shape index (κ1) is 106. The lowest BCUT2D eigenvalue weighted by Crippen LogP contribution is -2.50. The van der Waals surface area contributed by atoms with E-state index < -0.39 is 41.9 Å². The van der Waals surface area contributed by atoms with Crippen LogP contribution >= 0.6 is 0 Å². The van der Waals surface area contributed by atoms with Gasteiger partial charge in [-0.25, -0.2) is 14.4 Å². The van der Waals surface area contributed by atoms with E-state index in [-0.39, 0.29) is 120 Å². The summed E-state index contributed by atoms with van der Waals surface area (Å²) < 4.78 is 22.5. The van der Waals surface area contributed by atoms with Gasteiger partial charge in [-0.2, -0.15) is 0 Å². The van der Waals surface area contributed by atoms with E-state index in [4.69, 9.17) is 18.9 Å². The second-order valence-corrected chi connectivity index (χ2v) is 45.0. The van der Waals surface area contributed by atoms with Crippen LogP contribution < -0.4 is 16.0 Å². The normalized spacial score (nSPS) is 29.7. The van der Waals surface area contributed by atoms with E-state index in [9.17, 15) is 53.4 Å². The number of carboxylic acid groups (broad SMARTS) is 2. The summed E-state index contributed by atoms with van der Waals surface area (Å²) >= 11 is 0. The minimum absolute atomic E-state index is 0.0267. The average molecular weight is 1940 g/mol. The smallest absolute Gasteiger partial charge is 0.407 e. The van der Waals surface area contributed by atoms with Gasteiger partial charge < -0.3 is 50.0 Å². The number of hydrogen-bond acceptors (Lipinski definition) is 16. The van der Waals surface area contributed by atoms with E-state index >= 15 is 0 Å². The Hall–Kier alpha value is -10.6. The highest BCUT2D eigenvalue weighted by molar-refractivity contribution is 5.88. The van der Waals surface area contributed by atoms with Gasteiger partial charge in [0.05, 0.1) is 19.4 Å². The van der Waals surface area contributed by atoms with Crippen LogP contribution in [0.15, 0.2) is 187 Å². The van der Waals surface area contributed by atoms with E-state index in [0.717, 1.165) is 127 Å². The first-order valence-corrected chi connectivity index (χ1v) is 54.3. The Morgan fingerprint density at radius 3 is 1.21 bits per heavy atom. The zero-order valence-corrected chi connectivity index (χ0v) is 85.6. The highest BCUT2D eigenvalue weighted by Crippen LogP contribution is 2.70. The monoisotopic (exact) mass is 1940 g/mol. The number of pyridine rings is 3.